The predicted octanol–water partition coefficient (Wildman–Crippen LogP) is 1.92. The van der Waals surface area contributed by atoms with E-state index in [4.69, 9.17) is 0 Å². The number of rotatable bonds is 3. The Hall–Kier alpha value is -1.53. The molecule has 0 radical (unpaired) electrons. The average molecular weight is 267 g/mol. The number of nitrogens with zero attached hydrogens (tertiary/aromatic N) is 2. The van der Waals surface area contributed by atoms with Gasteiger partial charge >= 0.3 is 5.69 Å². The van der Waals surface area contributed by atoms with E-state index in [-0.39, 0.29) is 6.04 Å². The normalized spacial score (nSPS) is 24.4. The van der Waals surface area contributed by atoms with Crippen LogP contribution >= 0.6 is 0 Å². The number of nitro groups is 1. The van der Waals surface area contributed by atoms with E-state index in [2.05, 4.69) is 24.1 Å². The van der Waals surface area contributed by atoms with Crippen LogP contribution in [0.4, 0.5) is 10.1 Å². The Balaban J connectivity index is 2.19. The van der Waals surface area contributed by atoms with Gasteiger partial charge in [-0.2, -0.15) is 4.39 Å². The molecule has 1 aliphatic rings. The van der Waals surface area contributed by atoms with Crippen molar-refractivity contribution in [3.63, 3.8) is 0 Å². The van der Waals surface area contributed by atoms with Crippen LogP contribution in [0.1, 0.15) is 19.4 Å². The summed E-state index contributed by atoms with van der Waals surface area (Å²) in [6.45, 7) is 6.19. The van der Waals surface area contributed by atoms with Crippen LogP contribution in [0.3, 0.4) is 0 Å². The Morgan fingerprint density at radius 2 is 2.26 bits per heavy atom. The van der Waals surface area contributed by atoms with E-state index in [9.17, 15) is 14.5 Å². The maximum absolute atomic E-state index is 14.0. The van der Waals surface area contributed by atoms with Crippen LogP contribution in [-0.4, -0.2) is 35.0 Å². The highest BCUT2D eigenvalue weighted by molar-refractivity contribution is 5.36. The van der Waals surface area contributed by atoms with Crippen molar-refractivity contribution in [2.75, 3.05) is 13.1 Å². The van der Waals surface area contributed by atoms with Gasteiger partial charge in [0.05, 0.1) is 4.92 Å². The summed E-state index contributed by atoms with van der Waals surface area (Å²) in [7, 11) is 0. The third kappa shape index (κ3) is 3.08. The molecule has 0 bridgehead atoms. The van der Waals surface area contributed by atoms with Gasteiger partial charge in [0, 0.05) is 43.3 Å². The van der Waals surface area contributed by atoms with Crippen molar-refractivity contribution < 1.29 is 9.31 Å². The molecule has 6 heteroatoms. The maximum atomic E-state index is 14.0. The molecule has 5 nitrogen and oxygen atoms in total. The minimum Gasteiger partial charge on any atom is -0.311 e. The van der Waals surface area contributed by atoms with Crippen LogP contribution in [0.25, 0.3) is 0 Å². The molecule has 1 saturated heterocycles. The van der Waals surface area contributed by atoms with Crippen molar-refractivity contribution in [2.45, 2.75) is 32.5 Å². The quantitative estimate of drug-likeness (QED) is 0.671. The highest BCUT2D eigenvalue weighted by atomic mass is 19.1. The summed E-state index contributed by atoms with van der Waals surface area (Å²) >= 11 is 0. The zero-order valence-corrected chi connectivity index (χ0v) is 11.1. The van der Waals surface area contributed by atoms with E-state index in [1.807, 2.05) is 0 Å². The molecule has 0 saturated carbocycles. The van der Waals surface area contributed by atoms with E-state index in [0.29, 0.717) is 18.2 Å². The van der Waals surface area contributed by atoms with E-state index in [1.54, 1.807) is 6.07 Å². The first-order chi connectivity index (χ1) is 8.99. The first-order valence-electron chi connectivity index (χ1n) is 6.38. The molecule has 19 heavy (non-hydrogen) atoms. The van der Waals surface area contributed by atoms with Gasteiger partial charge in [0.15, 0.2) is 0 Å². The molecular weight excluding hydrogens is 249 g/mol. The number of piperazine rings is 1. The third-order valence-corrected chi connectivity index (χ3v) is 3.52. The van der Waals surface area contributed by atoms with Crippen molar-refractivity contribution in [1.82, 2.24) is 10.2 Å². The van der Waals surface area contributed by atoms with E-state index in [0.717, 1.165) is 13.1 Å². The lowest BCUT2D eigenvalue weighted by Crippen LogP contribution is -2.53. The standard InChI is InChI=1S/C13H18FN3O2/c1-9-7-16(10(2)6-15-9)8-11-4-3-5-12(13(11)14)17(18)19/h3-5,9-10,15H,6-8H2,1-2H3. The fourth-order valence-electron chi connectivity index (χ4n) is 2.37. The second kappa shape index (κ2) is 5.63. The molecule has 2 rings (SSSR count). The molecule has 0 aromatic heterocycles. The van der Waals surface area contributed by atoms with Gasteiger partial charge in [-0.05, 0) is 13.8 Å². The molecule has 1 N–H and O–H groups in total. The van der Waals surface area contributed by atoms with Crippen molar-refractivity contribution in [3.05, 3.63) is 39.7 Å². The van der Waals surface area contributed by atoms with Crippen LogP contribution in [0.2, 0.25) is 0 Å². The lowest BCUT2D eigenvalue weighted by molar-refractivity contribution is -0.387. The molecule has 1 aromatic carbocycles. The van der Waals surface area contributed by atoms with Gasteiger partial charge in [0.1, 0.15) is 0 Å². The smallest absolute Gasteiger partial charge is 0.305 e. The monoisotopic (exact) mass is 267 g/mol. The number of nitro benzene ring substituents is 1. The van der Waals surface area contributed by atoms with Crippen molar-refractivity contribution >= 4 is 5.69 Å². The van der Waals surface area contributed by atoms with E-state index < -0.39 is 16.4 Å². The largest absolute Gasteiger partial charge is 0.311 e. The molecule has 104 valence electrons. The zero-order chi connectivity index (χ0) is 14.0. The van der Waals surface area contributed by atoms with Crippen LogP contribution < -0.4 is 5.32 Å². The highest BCUT2D eigenvalue weighted by Crippen LogP contribution is 2.22. The first kappa shape index (κ1) is 13.9. The summed E-state index contributed by atoms with van der Waals surface area (Å²) in [6, 6.07) is 4.98. The van der Waals surface area contributed by atoms with Crippen LogP contribution in [0.5, 0.6) is 0 Å². The fourth-order valence-corrected chi connectivity index (χ4v) is 2.37. The van der Waals surface area contributed by atoms with Crippen LogP contribution in [0, 0.1) is 15.9 Å². The van der Waals surface area contributed by atoms with Crippen LogP contribution in [-0.2, 0) is 6.54 Å². The minimum absolute atomic E-state index is 0.287. The maximum Gasteiger partial charge on any atom is 0.305 e. The lowest BCUT2D eigenvalue weighted by Gasteiger charge is -2.37. The summed E-state index contributed by atoms with van der Waals surface area (Å²) in [6.07, 6.45) is 0. The van der Waals surface area contributed by atoms with Gasteiger partial charge in [-0.15, -0.1) is 0 Å². The Bertz CT molecular complexity index is 481. The lowest BCUT2D eigenvalue weighted by atomic mass is 10.1. The molecular formula is C13H18FN3O2. The van der Waals surface area contributed by atoms with Gasteiger partial charge in [-0.1, -0.05) is 12.1 Å². The number of hydrogen-bond donors (Lipinski definition) is 1. The Morgan fingerprint density at radius 1 is 1.53 bits per heavy atom. The van der Waals surface area contributed by atoms with Crippen molar-refractivity contribution in [2.24, 2.45) is 0 Å². The van der Waals surface area contributed by atoms with Crippen LogP contribution in [0.15, 0.2) is 18.2 Å². The summed E-state index contributed by atoms with van der Waals surface area (Å²) in [5.41, 5.74) is -0.0662. The van der Waals surface area contributed by atoms with Gasteiger partial charge < -0.3 is 5.32 Å². The molecule has 1 fully saturated rings. The predicted molar refractivity (Wildman–Crippen MR) is 70.4 cm³/mol. The number of nitrogens with one attached hydrogen (secondary N) is 1. The molecule has 0 spiro atoms. The zero-order valence-electron chi connectivity index (χ0n) is 11.1. The third-order valence-electron chi connectivity index (χ3n) is 3.52. The Kier molecular flexibility index (Phi) is 4.11. The Labute approximate surface area is 111 Å². The van der Waals surface area contributed by atoms with E-state index in [1.165, 1.54) is 12.1 Å². The molecule has 1 aliphatic heterocycles. The molecule has 0 amide bonds. The summed E-state index contributed by atoms with van der Waals surface area (Å²) in [4.78, 5) is 12.2. The summed E-state index contributed by atoms with van der Waals surface area (Å²) < 4.78 is 14.0. The Morgan fingerprint density at radius 3 is 2.95 bits per heavy atom. The van der Waals surface area contributed by atoms with Gasteiger partial charge in [0.2, 0.25) is 5.82 Å². The average Bonchev–Trinajstić information content (AvgIpc) is 2.36. The van der Waals surface area contributed by atoms with Crippen molar-refractivity contribution in [1.29, 1.82) is 0 Å². The molecule has 2 unspecified atom stereocenters. The highest BCUT2D eigenvalue weighted by Gasteiger charge is 2.25. The first-order valence-corrected chi connectivity index (χ1v) is 6.38. The SMILES string of the molecule is CC1CN(Cc2cccc([N+](=O)[O-])c2F)C(C)CN1. The van der Waals surface area contributed by atoms with Gasteiger partial charge in [-0.25, -0.2) is 0 Å². The summed E-state index contributed by atoms with van der Waals surface area (Å²) in [5, 5.41) is 14.1. The number of halogens is 1. The second-order valence-corrected chi connectivity index (χ2v) is 5.10. The van der Waals surface area contributed by atoms with Crippen molar-refractivity contribution in [3.8, 4) is 0 Å². The molecule has 1 aromatic rings. The molecule has 2 atom stereocenters. The minimum atomic E-state index is -0.717. The molecule has 0 aliphatic carbocycles. The van der Waals surface area contributed by atoms with E-state index >= 15 is 0 Å². The number of benzene rings is 1. The van der Waals surface area contributed by atoms with Gasteiger partial charge in [0.25, 0.3) is 0 Å². The van der Waals surface area contributed by atoms with Gasteiger partial charge in [-0.3, -0.25) is 15.0 Å². The topological polar surface area (TPSA) is 58.4 Å². The second-order valence-electron chi connectivity index (χ2n) is 5.10. The molecule has 1 heterocycles. The fraction of sp³-hybridized carbons (Fsp3) is 0.538. The summed E-state index contributed by atoms with van der Waals surface area (Å²) in [5.74, 6) is -0.717. The number of hydrogen-bond acceptors (Lipinski definition) is 4.